The Bertz CT molecular complexity index is 548. The molecule has 0 aliphatic carbocycles. The molecule has 20 heavy (non-hydrogen) atoms. The average Bonchev–Trinajstić information content (AvgIpc) is 2.48. The highest BCUT2D eigenvalue weighted by molar-refractivity contribution is 9.10. The summed E-state index contributed by atoms with van der Waals surface area (Å²) in [5.41, 5.74) is 1.36. The van der Waals surface area contributed by atoms with E-state index in [1.165, 1.54) is 5.56 Å². The molecule has 2 aromatic rings. The first kappa shape index (κ1) is 14.8. The number of aryl methyl sites for hydroxylation is 1. The predicted molar refractivity (Wildman–Crippen MR) is 84.3 cm³/mol. The molecule has 106 valence electrons. The van der Waals surface area contributed by atoms with E-state index in [1.54, 1.807) is 13.3 Å². The van der Waals surface area contributed by atoms with Crippen LogP contribution in [0.3, 0.4) is 0 Å². The maximum absolute atomic E-state index is 5.18. The van der Waals surface area contributed by atoms with Gasteiger partial charge in [0, 0.05) is 13.6 Å². The number of ether oxygens (including phenoxy) is 1. The first-order chi connectivity index (χ1) is 9.70. The van der Waals surface area contributed by atoms with Crippen LogP contribution in [-0.2, 0) is 6.42 Å². The van der Waals surface area contributed by atoms with Crippen molar-refractivity contribution in [3.05, 3.63) is 46.6 Å². The Balaban J connectivity index is 1.90. The van der Waals surface area contributed by atoms with Crippen LogP contribution in [0.4, 0.5) is 5.95 Å². The Morgan fingerprint density at radius 1 is 1.25 bits per heavy atom. The number of aromatic nitrogens is 2. The van der Waals surface area contributed by atoms with E-state index in [4.69, 9.17) is 4.74 Å². The van der Waals surface area contributed by atoms with Crippen molar-refractivity contribution in [2.45, 2.75) is 12.8 Å². The number of nitrogens with zero attached hydrogens (tertiary/aromatic N) is 3. The summed E-state index contributed by atoms with van der Waals surface area (Å²) in [7, 11) is 3.60. The molecular formula is C15H18BrN3O. The smallest absolute Gasteiger partial charge is 0.232 e. The second kappa shape index (κ2) is 7.24. The zero-order chi connectivity index (χ0) is 14.4. The van der Waals surface area contributed by atoms with Crippen LogP contribution in [0.15, 0.2) is 41.0 Å². The van der Waals surface area contributed by atoms with Gasteiger partial charge in [-0.1, -0.05) is 30.3 Å². The van der Waals surface area contributed by atoms with Crippen molar-refractivity contribution in [3.63, 3.8) is 0 Å². The maximum Gasteiger partial charge on any atom is 0.232 e. The van der Waals surface area contributed by atoms with Gasteiger partial charge in [0.05, 0.1) is 17.8 Å². The Morgan fingerprint density at radius 2 is 2.00 bits per heavy atom. The van der Waals surface area contributed by atoms with Crippen LogP contribution in [-0.4, -0.2) is 30.7 Å². The highest BCUT2D eigenvalue weighted by Gasteiger charge is 2.08. The second-order valence-electron chi connectivity index (χ2n) is 4.54. The second-order valence-corrected chi connectivity index (χ2v) is 5.39. The Hall–Kier alpha value is -1.62. The molecule has 2 rings (SSSR count). The van der Waals surface area contributed by atoms with Gasteiger partial charge in [-0.15, -0.1) is 0 Å². The van der Waals surface area contributed by atoms with Crippen LogP contribution >= 0.6 is 15.9 Å². The third-order valence-electron chi connectivity index (χ3n) is 3.04. The standard InChI is InChI=1S/C15H18BrN3O/c1-19(10-6-9-12-7-4-3-5-8-12)15-17-11-13(16)14(18-15)20-2/h3-5,7-8,11H,6,9-10H2,1-2H3. The first-order valence-corrected chi connectivity index (χ1v) is 7.31. The van der Waals surface area contributed by atoms with Gasteiger partial charge < -0.3 is 9.64 Å². The molecule has 0 N–H and O–H groups in total. The van der Waals surface area contributed by atoms with Crippen LogP contribution in [0.5, 0.6) is 5.88 Å². The van der Waals surface area contributed by atoms with Gasteiger partial charge in [-0.3, -0.25) is 0 Å². The summed E-state index contributed by atoms with van der Waals surface area (Å²) in [5.74, 6) is 1.24. The number of benzene rings is 1. The minimum absolute atomic E-state index is 0.560. The van der Waals surface area contributed by atoms with Crippen molar-refractivity contribution >= 4 is 21.9 Å². The zero-order valence-corrected chi connectivity index (χ0v) is 13.3. The van der Waals surface area contributed by atoms with Gasteiger partial charge in [-0.25, -0.2) is 4.98 Å². The van der Waals surface area contributed by atoms with Crippen molar-refractivity contribution in [1.82, 2.24) is 9.97 Å². The molecule has 0 saturated carbocycles. The van der Waals surface area contributed by atoms with E-state index in [1.807, 2.05) is 18.0 Å². The van der Waals surface area contributed by atoms with Gasteiger partial charge in [-0.2, -0.15) is 4.98 Å². The van der Waals surface area contributed by atoms with E-state index in [-0.39, 0.29) is 0 Å². The molecule has 1 aromatic carbocycles. The van der Waals surface area contributed by atoms with E-state index < -0.39 is 0 Å². The SMILES string of the molecule is COc1nc(N(C)CCCc2ccccc2)ncc1Br. The highest BCUT2D eigenvalue weighted by Crippen LogP contribution is 2.23. The molecule has 0 atom stereocenters. The van der Waals surface area contributed by atoms with Crippen molar-refractivity contribution in [2.24, 2.45) is 0 Å². The molecule has 0 aliphatic heterocycles. The fraction of sp³-hybridized carbons (Fsp3) is 0.333. The number of rotatable bonds is 6. The molecule has 1 aromatic heterocycles. The molecule has 0 amide bonds. The van der Waals surface area contributed by atoms with Gasteiger partial charge in [0.1, 0.15) is 0 Å². The third-order valence-corrected chi connectivity index (χ3v) is 3.58. The third kappa shape index (κ3) is 3.93. The quantitative estimate of drug-likeness (QED) is 0.811. The van der Waals surface area contributed by atoms with E-state index in [0.29, 0.717) is 11.8 Å². The van der Waals surface area contributed by atoms with E-state index in [0.717, 1.165) is 23.9 Å². The normalized spacial score (nSPS) is 10.3. The molecule has 0 aliphatic rings. The van der Waals surface area contributed by atoms with Crippen molar-refractivity contribution < 1.29 is 4.74 Å². The molecule has 1 heterocycles. The number of hydrogen-bond acceptors (Lipinski definition) is 4. The summed E-state index contributed by atoms with van der Waals surface area (Å²) in [4.78, 5) is 10.7. The average molecular weight is 336 g/mol. The zero-order valence-electron chi connectivity index (χ0n) is 11.7. The summed E-state index contributed by atoms with van der Waals surface area (Å²) >= 11 is 3.35. The molecule has 0 bridgehead atoms. The minimum atomic E-state index is 0.560. The first-order valence-electron chi connectivity index (χ1n) is 6.52. The summed E-state index contributed by atoms with van der Waals surface area (Å²) in [6.07, 6.45) is 3.83. The number of halogens is 1. The lowest BCUT2D eigenvalue weighted by molar-refractivity contribution is 0.394. The van der Waals surface area contributed by atoms with Crippen molar-refractivity contribution in [2.75, 3.05) is 25.6 Å². The van der Waals surface area contributed by atoms with Crippen molar-refractivity contribution in [1.29, 1.82) is 0 Å². The monoisotopic (exact) mass is 335 g/mol. The van der Waals surface area contributed by atoms with E-state index in [2.05, 4.69) is 50.2 Å². The number of anilines is 1. The van der Waals surface area contributed by atoms with E-state index >= 15 is 0 Å². The Kier molecular flexibility index (Phi) is 5.35. The Labute approximate surface area is 127 Å². The summed E-state index contributed by atoms with van der Waals surface area (Å²) in [6.45, 7) is 0.902. The molecular weight excluding hydrogens is 318 g/mol. The van der Waals surface area contributed by atoms with Crippen LogP contribution in [0.1, 0.15) is 12.0 Å². The van der Waals surface area contributed by atoms with Gasteiger partial charge in [0.15, 0.2) is 0 Å². The molecule has 5 heteroatoms. The minimum Gasteiger partial charge on any atom is -0.480 e. The van der Waals surface area contributed by atoms with Gasteiger partial charge in [0.25, 0.3) is 0 Å². The van der Waals surface area contributed by atoms with Crippen LogP contribution in [0, 0.1) is 0 Å². The molecule has 0 radical (unpaired) electrons. The van der Waals surface area contributed by atoms with Gasteiger partial charge in [0.2, 0.25) is 11.8 Å². The largest absolute Gasteiger partial charge is 0.480 e. The van der Waals surface area contributed by atoms with Gasteiger partial charge >= 0.3 is 0 Å². The fourth-order valence-corrected chi connectivity index (χ4v) is 2.29. The summed E-state index contributed by atoms with van der Waals surface area (Å²) in [6, 6.07) is 10.5. The lowest BCUT2D eigenvalue weighted by Gasteiger charge is -2.17. The predicted octanol–water partition coefficient (Wildman–Crippen LogP) is 3.32. The van der Waals surface area contributed by atoms with Crippen LogP contribution in [0.25, 0.3) is 0 Å². The lowest BCUT2D eigenvalue weighted by atomic mass is 10.1. The molecule has 0 spiro atoms. The van der Waals surface area contributed by atoms with Crippen LogP contribution in [0.2, 0.25) is 0 Å². The number of methoxy groups -OCH3 is 1. The molecule has 0 unspecified atom stereocenters. The summed E-state index contributed by atoms with van der Waals surface area (Å²) in [5, 5.41) is 0. The highest BCUT2D eigenvalue weighted by atomic mass is 79.9. The Morgan fingerprint density at radius 3 is 2.70 bits per heavy atom. The fourth-order valence-electron chi connectivity index (χ4n) is 1.93. The van der Waals surface area contributed by atoms with Crippen LogP contribution < -0.4 is 9.64 Å². The van der Waals surface area contributed by atoms with Gasteiger partial charge in [-0.05, 0) is 34.3 Å². The maximum atomic E-state index is 5.18. The van der Waals surface area contributed by atoms with Crippen molar-refractivity contribution in [3.8, 4) is 5.88 Å². The van der Waals surface area contributed by atoms with E-state index in [9.17, 15) is 0 Å². The lowest BCUT2D eigenvalue weighted by Crippen LogP contribution is -2.21. The molecule has 0 fully saturated rings. The molecule has 0 saturated heterocycles. The summed E-state index contributed by atoms with van der Waals surface area (Å²) < 4.78 is 5.95. The topological polar surface area (TPSA) is 38.2 Å². The number of hydrogen-bond donors (Lipinski definition) is 0. The molecule has 4 nitrogen and oxygen atoms in total.